The quantitative estimate of drug-likeness (QED) is 0.0222. The van der Waals surface area contributed by atoms with Crippen molar-refractivity contribution in [1.82, 2.24) is 0 Å². The molecular formula is C46H77NO7P+. The summed E-state index contributed by atoms with van der Waals surface area (Å²) in [6.07, 6.45) is 52.9. The van der Waals surface area contributed by atoms with Crippen molar-refractivity contribution in [2.45, 2.75) is 123 Å². The smallest absolute Gasteiger partial charge is 0.457 e. The molecule has 0 amide bonds. The summed E-state index contributed by atoms with van der Waals surface area (Å²) in [4.78, 5) is 22.8. The monoisotopic (exact) mass is 787 g/mol. The normalized spacial score (nSPS) is 14.9. The number of phosphoric ester groups is 1. The number of carbonyl (C=O) groups excluding carboxylic acids is 1. The van der Waals surface area contributed by atoms with Gasteiger partial charge in [0, 0.05) is 13.0 Å². The fourth-order valence-electron chi connectivity index (χ4n) is 4.71. The van der Waals surface area contributed by atoms with Crippen LogP contribution in [0.3, 0.4) is 0 Å². The minimum absolute atomic E-state index is 0.0637. The number of allylic oxidation sites excluding steroid dienone is 18. The van der Waals surface area contributed by atoms with Crippen molar-refractivity contribution in [3.05, 3.63) is 109 Å². The van der Waals surface area contributed by atoms with E-state index in [1.54, 1.807) is 0 Å². The van der Waals surface area contributed by atoms with Crippen LogP contribution < -0.4 is 0 Å². The third kappa shape index (κ3) is 42.1. The first-order chi connectivity index (χ1) is 26.6. The topological polar surface area (TPSA) is 91.3 Å². The second-order valence-corrected chi connectivity index (χ2v) is 15.7. The predicted octanol–water partition coefficient (Wildman–Crippen LogP) is 12.0. The summed E-state index contributed by atoms with van der Waals surface area (Å²) < 4.78 is 34.8. The number of ether oxygens (including phenoxy) is 2. The van der Waals surface area contributed by atoms with Crippen LogP contribution in [-0.2, 0) is 27.9 Å². The molecule has 0 fully saturated rings. The molecule has 0 saturated heterocycles. The Labute approximate surface area is 336 Å². The summed E-state index contributed by atoms with van der Waals surface area (Å²) in [6, 6.07) is 0. The van der Waals surface area contributed by atoms with Crippen LogP contribution in [0.5, 0.6) is 0 Å². The number of likely N-dealkylation sites (N-methyl/N-ethyl adjacent to an activating group) is 1. The lowest BCUT2D eigenvalue weighted by Gasteiger charge is -2.24. The van der Waals surface area contributed by atoms with Crippen molar-refractivity contribution in [1.29, 1.82) is 0 Å². The van der Waals surface area contributed by atoms with Gasteiger partial charge in [0.2, 0.25) is 0 Å². The van der Waals surface area contributed by atoms with Crippen molar-refractivity contribution < 1.29 is 37.3 Å². The molecule has 0 aliphatic rings. The molecule has 0 aromatic carbocycles. The molecule has 8 nitrogen and oxygen atoms in total. The first kappa shape index (κ1) is 52.2. The number of unbranched alkanes of at least 4 members (excludes halogenated alkanes) is 4. The second-order valence-electron chi connectivity index (χ2n) is 14.2. The highest BCUT2D eigenvalue weighted by Crippen LogP contribution is 2.43. The molecule has 1 N–H and O–H groups in total. The van der Waals surface area contributed by atoms with E-state index in [1.165, 1.54) is 0 Å². The predicted molar refractivity (Wildman–Crippen MR) is 233 cm³/mol. The molecule has 0 spiro atoms. The minimum atomic E-state index is -4.31. The minimum Gasteiger partial charge on any atom is -0.457 e. The first-order valence-electron chi connectivity index (χ1n) is 20.6. The maximum absolute atomic E-state index is 12.6. The molecule has 0 aliphatic heterocycles. The molecule has 0 radical (unpaired) electrons. The lowest BCUT2D eigenvalue weighted by Crippen LogP contribution is -2.37. The summed E-state index contributed by atoms with van der Waals surface area (Å²) in [6.45, 7) is 5.18. The molecule has 0 saturated carbocycles. The summed E-state index contributed by atoms with van der Waals surface area (Å²) in [5.41, 5.74) is 0. The summed E-state index contributed by atoms with van der Waals surface area (Å²) in [5.74, 6) is -0.409. The highest BCUT2D eigenvalue weighted by molar-refractivity contribution is 7.47. The van der Waals surface area contributed by atoms with E-state index in [9.17, 15) is 14.3 Å². The zero-order valence-corrected chi connectivity index (χ0v) is 36.0. The fourth-order valence-corrected chi connectivity index (χ4v) is 5.45. The Morgan fingerprint density at radius 2 is 1.00 bits per heavy atom. The average Bonchev–Trinajstić information content (AvgIpc) is 3.13. The van der Waals surface area contributed by atoms with Gasteiger partial charge in [-0.2, -0.15) is 0 Å². The van der Waals surface area contributed by atoms with E-state index >= 15 is 0 Å². The van der Waals surface area contributed by atoms with E-state index in [4.69, 9.17) is 18.5 Å². The second kappa shape index (κ2) is 38.1. The van der Waals surface area contributed by atoms with Crippen molar-refractivity contribution >= 4 is 13.8 Å². The maximum Gasteiger partial charge on any atom is 0.472 e. The van der Waals surface area contributed by atoms with Gasteiger partial charge in [-0.3, -0.25) is 13.8 Å². The molecule has 0 bridgehead atoms. The van der Waals surface area contributed by atoms with E-state index in [-0.39, 0.29) is 26.2 Å². The van der Waals surface area contributed by atoms with E-state index in [0.29, 0.717) is 24.1 Å². The molecule has 0 rings (SSSR count). The summed E-state index contributed by atoms with van der Waals surface area (Å²) in [5, 5.41) is 0. The maximum atomic E-state index is 12.6. The highest BCUT2D eigenvalue weighted by atomic mass is 31.2. The Hall–Kier alpha value is -2.84. The fraction of sp³-hybridized carbons (Fsp3) is 0.587. The Balaban J connectivity index is 4.42. The number of carbonyl (C=O) groups is 1. The van der Waals surface area contributed by atoms with Crippen molar-refractivity contribution in [2.24, 2.45) is 0 Å². The number of hydrogen-bond donors (Lipinski definition) is 1. The van der Waals surface area contributed by atoms with Crippen LogP contribution in [0.4, 0.5) is 0 Å². The van der Waals surface area contributed by atoms with Crippen molar-refractivity contribution in [3.63, 3.8) is 0 Å². The molecule has 55 heavy (non-hydrogen) atoms. The first-order valence-corrected chi connectivity index (χ1v) is 22.1. The third-order valence-corrected chi connectivity index (χ3v) is 8.83. The average molecular weight is 787 g/mol. The lowest BCUT2D eigenvalue weighted by atomic mass is 10.1. The zero-order chi connectivity index (χ0) is 40.6. The van der Waals surface area contributed by atoms with E-state index in [0.717, 1.165) is 89.9 Å². The van der Waals surface area contributed by atoms with Gasteiger partial charge in [-0.05, 0) is 83.5 Å². The molecule has 312 valence electrons. The zero-order valence-electron chi connectivity index (χ0n) is 35.1. The SMILES string of the molecule is CC/C=C\C/C=C\C/C=C\C/C=C\C/C=C\CCCCCCOCC(COP(=O)(O)OCC[N+](C)(C)C)OC(=O)CC/C=C\C/C=C\C/C=C\C/C=C\CC. The van der Waals surface area contributed by atoms with Crippen LogP contribution in [0.1, 0.15) is 117 Å². The van der Waals surface area contributed by atoms with Crippen LogP contribution in [-0.4, -0.2) is 75.6 Å². The van der Waals surface area contributed by atoms with Gasteiger partial charge in [0.05, 0.1) is 34.4 Å². The number of rotatable bonds is 36. The van der Waals surface area contributed by atoms with Crippen LogP contribution >= 0.6 is 7.82 Å². The van der Waals surface area contributed by atoms with Gasteiger partial charge in [-0.25, -0.2) is 4.57 Å². The Morgan fingerprint density at radius 1 is 0.564 bits per heavy atom. The van der Waals surface area contributed by atoms with Crippen LogP contribution in [0, 0.1) is 0 Å². The van der Waals surface area contributed by atoms with Crippen LogP contribution in [0.15, 0.2) is 109 Å². The van der Waals surface area contributed by atoms with Gasteiger partial charge < -0.3 is 18.9 Å². The molecule has 2 unspecified atom stereocenters. The largest absolute Gasteiger partial charge is 0.472 e. The summed E-state index contributed by atoms with van der Waals surface area (Å²) >= 11 is 0. The molecule has 2 atom stereocenters. The van der Waals surface area contributed by atoms with Crippen LogP contribution in [0.2, 0.25) is 0 Å². The number of hydrogen-bond acceptors (Lipinski definition) is 6. The van der Waals surface area contributed by atoms with Gasteiger partial charge in [0.15, 0.2) is 0 Å². The number of quaternary nitrogens is 1. The number of phosphoric acid groups is 1. The van der Waals surface area contributed by atoms with Crippen molar-refractivity contribution in [3.8, 4) is 0 Å². The number of esters is 1. The Morgan fingerprint density at radius 3 is 1.47 bits per heavy atom. The van der Waals surface area contributed by atoms with E-state index < -0.39 is 19.9 Å². The third-order valence-electron chi connectivity index (χ3n) is 7.84. The standard InChI is InChI=1S/C46H76NO7P/c1-6-8-10-12-14-16-18-20-21-22-23-24-25-26-28-30-32-34-36-38-41-51-43-45(44-53-55(49,50)52-42-40-47(3,4)5)54-46(48)39-37-35-33-31-29-27-19-17-15-13-11-9-7-2/h8-11,14-17,20-21,23-24,26-29,33,35,45H,6-7,12-13,18-19,22,25,30-32,34,36-44H2,1-5H3/p+1/b10-8-,11-9-,16-14-,17-15-,21-20-,24-23-,28-26-,29-27-,35-33-. The Bertz CT molecular complexity index is 1240. The summed E-state index contributed by atoms with van der Waals surface area (Å²) in [7, 11) is 1.58. The van der Waals surface area contributed by atoms with Gasteiger partial charge in [0.1, 0.15) is 19.3 Å². The number of nitrogens with zero attached hydrogens (tertiary/aromatic N) is 1. The van der Waals surface area contributed by atoms with Gasteiger partial charge >= 0.3 is 13.8 Å². The molecule has 0 aliphatic carbocycles. The molecule has 0 aromatic rings. The lowest BCUT2D eigenvalue weighted by molar-refractivity contribution is -0.870. The van der Waals surface area contributed by atoms with Crippen LogP contribution in [0.25, 0.3) is 0 Å². The highest BCUT2D eigenvalue weighted by Gasteiger charge is 2.26. The molecule has 0 aromatic heterocycles. The van der Waals surface area contributed by atoms with E-state index in [2.05, 4.69) is 111 Å². The van der Waals surface area contributed by atoms with Gasteiger partial charge in [0.25, 0.3) is 0 Å². The Kier molecular flexibility index (Phi) is 36.1. The molecule has 0 heterocycles. The van der Waals surface area contributed by atoms with Crippen molar-refractivity contribution in [2.75, 3.05) is 54.1 Å². The van der Waals surface area contributed by atoms with Gasteiger partial charge in [-0.1, -0.05) is 136 Å². The molecular weight excluding hydrogens is 709 g/mol. The van der Waals surface area contributed by atoms with E-state index in [1.807, 2.05) is 33.3 Å². The van der Waals surface area contributed by atoms with Gasteiger partial charge in [-0.15, -0.1) is 0 Å². The molecule has 9 heteroatoms.